The van der Waals surface area contributed by atoms with Gasteiger partial charge >= 0.3 is 0 Å². The molecule has 0 aromatic heterocycles. The fraction of sp³-hybridized carbons (Fsp3) is 1.00. The van der Waals surface area contributed by atoms with Gasteiger partial charge in [-0.05, 0) is 5.41 Å². The molecule has 5 nitrogen and oxygen atoms in total. The smallest absolute Gasteiger partial charge is 0.111 e. The Morgan fingerprint density at radius 2 is 1.53 bits per heavy atom. The third-order valence-corrected chi connectivity index (χ3v) is 2.75. The van der Waals surface area contributed by atoms with Crippen molar-refractivity contribution in [3.05, 3.63) is 0 Å². The van der Waals surface area contributed by atoms with E-state index in [4.69, 9.17) is 9.84 Å². The van der Waals surface area contributed by atoms with Gasteiger partial charge in [0.2, 0.25) is 0 Å². The summed E-state index contributed by atoms with van der Waals surface area (Å²) in [7, 11) is 0. The van der Waals surface area contributed by atoms with Gasteiger partial charge < -0.3 is 25.2 Å². The maximum atomic E-state index is 9.74. The average Bonchev–Trinajstić information content (AvgIpc) is 2.13. The van der Waals surface area contributed by atoms with Crippen LogP contribution in [0.25, 0.3) is 0 Å². The molecule has 1 heterocycles. The number of hydrogen-bond donors (Lipinski definition) is 4. The van der Waals surface area contributed by atoms with Crippen molar-refractivity contribution in [3.8, 4) is 0 Å². The Labute approximate surface area is 89.3 Å². The van der Waals surface area contributed by atoms with Crippen molar-refractivity contribution in [3.63, 3.8) is 0 Å². The third kappa shape index (κ3) is 2.49. The van der Waals surface area contributed by atoms with Crippen LogP contribution in [0.4, 0.5) is 0 Å². The molecule has 90 valence electrons. The molecule has 4 N–H and O–H groups in total. The number of ether oxygens (including phenoxy) is 1. The lowest BCUT2D eigenvalue weighted by atomic mass is 9.80. The summed E-state index contributed by atoms with van der Waals surface area (Å²) in [4.78, 5) is 0. The number of hydrogen-bond acceptors (Lipinski definition) is 5. The Kier molecular flexibility index (Phi) is 3.73. The fourth-order valence-electron chi connectivity index (χ4n) is 1.82. The van der Waals surface area contributed by atoms with Crippen molar-refractivity contribution in [1.29, 1.82) is 0 Å². The molecule has 1 aliphatic heterocycles. The zero-order valence-electron chi connectivity index (χ0n) is 9.29. The molecule has 0 aliphatic carbocycles. The minimum Gasteiger partial charge on any atom is -0.394 e. The second-order valence-electron chi connectivity index (χ2n) is 5.12. The summed E-state index contributed by atoms with van der Waals surface area (Å²) in [5.41, 5.74) is -0.367. The van der Waals surface area contributed by atoms with E-state index in [0.29, 0.717) is 0 Å². The minimum absolute atomic E-state index is 0.367. The monoisotopic (exact) mass is 220 g/mol. The molecule has 5 heteroatoms. The van der Waals surface area contributed by atoms with Crippen molar-refractivity contribution in [1.82, 2.24) is 0 Å². The van der Waals surface area contributed by atoms with Crippen LogP contribution in [0, 0.1) is 5.41 Å². The maximum absolute atomic E-state index is 9.74. The molecule has 0 radical (unpaired) electrons. The lowest BCUT2D eigenvalue weighted by molar-refractivity contribution is -0.250. The summed E-state index contributed by atoms with van der Waals surface area (Å²) in [6.45, 7) is 5.21. The largest absolute Gasteiger partial charge is 0.394 e. The number of aliphatic hydroxyl groups excluding tert-OH is 4. The van der Waals surface area contributed by atoms with Crippen molar-refractivity contribution >= 4 is 0 Å². The standard InChI is InChI=1S/C10H20O5/c1-10(2,3)9-8(14)7(13)6(12)5(4-11)15-9/h5-9,11-14H,4H2,1-3H3/t5?,6-,7?,8?,9+/m0/s1. The van der Waals surface area contributed by atoms with Crippen LogP contribution in [0.5, 0.6) is 0 Å². The van der Waals surface area contributed by atoms with Gasteiger partial charge in [-0.1, -0.05) is 20.8 Å². The van der Waals surface area contributed by atoms with Crippen LogP contribution >= 0.6 is 0 Å². The van der Waals surface area contributed by atoms with Gasteiger partial charge in [-0.2, -0.15) is 0 Å². The normalized spacial score (nSPS) is 43.0. The first-order valence-corrected chi connectivity index (χ1v) is 5.09. The van der Waals surface area contributed by atoms with Gasteiger partial charge in [-0.25, -0.2) is 0 Å². The molecule has 1 fully saturated rings. The zero-order valence-corrected chi connectivity index (χ0v) is 9.29. The lowest BCUT2D eigenvalue weighted by Gasteiger charge is -2.45. The van der Waals surface area contributed by atoms with Gasteiger partial charge in [-0.15, -0.1) is 0 Å². The number of rotatable bonds is 1. The SMILES string of the molecule is CC(C)(C)[C@@H]1OC(CO)[C@H](O)C(O)C1O. The predicted molar refractivity (Wildman–Crippen MR) is 53.2 cm³/mol. The van der Waals surface area contributed by atoms with Gasteiger partial charge in [0.25, 0.3) is 0 Å². The molecular formula is C10H20O5. The van der Waals surface area contributed by atoms with E-state index >= 15 is 0 Å². The average molecular weight is 220 g/mol. The molecule has 0 bridgehead atoms. The van der Waals surface area contributed by atoms with Crippen LogP contribution in [0.1, 0.15) is 20.8 Å². The molecule has 1 rings (SSSR count). The van der Waals surface area contributed by atoms with Crippen molar-refractivity contribution in [2.75, 3.05) is 6.61 Å². The topological polar surface area (TPSA) is 90.2 Å². The maximum Gasteiger partial charge on any atom is 0.111 e. The third-order valence-electron chi connectivity index (χ3n) is 2.75. The van der Waals surface area contributed by atoms with Crippen molar-refractivity contribution in [2.45, 2.75) is 51.3 Å². The Bertz CT molecular complexity index is 210. The van der Waals surface area contributed by atoms with Crippen LogP contribution in [-0.2, 0) is 4.74 Å². The van der Waals surface area contributed by atoms with E-state index in [1.165, 1.54) is 0 Å². The Hall–Kier alpha value is -0.200. The molecular weight excluding hydrogens is 200 g/mol. The van der Waals surface area contributed by atoms with E-state index in [1.54, 1.807) is 0 Å². The lowest BCUT2D eigenvalue weighted by Crippen LogP contribution is -2.61. The predicted octanol–water partition coefficient (Wildman–Crippen LogP) is -1.13. The molecule has 0 spiro atoms. The first kappa shape index (κ1) is 12.9. The van der Waals surface area contributed by atoms with Crippen molar-refractivity contribution in [2.24, 2.45) is 5.41 Å². The van der Waals surface area contributed by atoms with Crippen LogP contribution in [0.15, 0.2) is 0 Å². The van der Waals surface area contributed by atoms with E-state index in [0.717, 1.165) is 0 Å². The summed E-state index contributed by atoms with van der Waals surface area (Å²) in [5.74, 6) is 0. The fourth-order valence-corrected chi connectivity index (χ4v) is 1.82. The van der Waals surface area contributed by atoms with Crippen LogP contribution in [-0.4, -0.2) is 57.6 Å². The highest BCUT2D eigenvalue weighted by Gasteiger charge is 2.47. The van der Waals surface area contributed by atoms with Gasteiger partial charge in [0.1, 0.15) is 24.4 Å². The molecule has 0 aromatic carbocycles. The summed E-state index contributed by atoms with van der Waals surface area (Å²) in [6, 6.07) is 0. The van der Waals surface area contributed by atoms with Crippen LogP contribution < -0.4 is 0 Å². The summed E-state index contributed by atoms with van der Waals surface area (Å²) >= 11 is 0. The first-order valence-electron chi connectivity index (χ1n) is 5.09. The Morgan fingerprint density at radius 3 is 1.93 bits per heavy atom. The molecule has 3 unspecified atom stereocenters. The Balaban J connectivity index is 2.83. The van der Waals surface area contributed by atoms with Crippen molar-refractivity contribution < 1.29 is 25.2 Å². The number of aliphatic hydroxyl groups is 4. The van der Waals surface area contributed by atoms with E-state index < -0.39 is 30.5 Å². The highest BCUT2D eigenvalue weighted by Crippen LogP contribution is 2.32. The second kappa shape index (κ2) is 4.35. The van der Waals surface area contributed by atoms with Crippen LogP contribution in [0.3, 0.4) is 0 Å². The molecule has 0 amide bonds. The highest BCUT2D eigenvalue weighted by atomic mass is 16.5. The summed E-state index contributed by atoms with van der Waals surface area (Å²) < 4.78 is 5.38. The zero-order chi connectivity index (χ0) is 11.8. The molecule has 5 atom stereocenters. The van der Waals surface area contributed by atoms with Gasteiger partial charge in [-0.3, -0.25) is 0 Å². The molecule has 1 aliphatic rings. The second-order valence-corrected chi connectivity index (χ2v) is 5.12. The quantitative estimate of drug-likeness (QED) is 0.449. The molecule has 0 aromatic rings. The molecule has 0 saturated carbocycles. The van der Waals surface area contributed by atoms with Gasteiger partial charge in [0, 0.05) is 0 Å². The van der Waals surface area contributed by atoms with Gasteiger partial charge in [0.15, 0.2) is 0 Å². The van der Waals surface area contributed by atoms with E-state index in [-0.39, 0.29) is 12.0 Å². The van der Waals surface area contributed by atoms with Gasteiger partial charge in [0.05, 0.1) is 12.7 Å². The van der Waals surface area contributed by atoms with Crippen LogP contribution in [0.2, 0.25) is 0 Å². The Morgan fingerprint density at radius 1 is 1.00 bits per heavy atom. The van der Waals surface area contributed by atoms with E-state index in [1.807, 2.05) is 20.8 Å². The summed E-state index contributed by atoms with van der Waals surface area (Å²) in [6.07, 6.45) is -5.10. The van der Waals surface area contributed by atoms with E-state index in [9.17, 15) is 15.3 Å². The first-order chi connectivity index (χ1) is 6.79. The highest BCUT2D eigenvalue weighted by molar-refractivity contribution is 4.96. The minimum atomic E-state index is -1.28. The molecule has 1 saturated heterocycles. The van der Waals surface area contributed by atoms with E-state index in [2.05, 4.69) is 0 Å². The summed E-state index contributed by atoms with van der Waals surface area (Å²) in [5, 5.41) is 37.8. The molecule has 15 heavy (non-hydrogen) atoms.